The molecule has 2 atom stereocenters. The molecule has 6 heterocycles. The van der Waals surface area contributed by atoms with Crippen molar-refractivity contribution in [3.63, 3.8) is 0 Å². The second-order valence-electron chi connectivity index (χ2n) is 9.20. The Balaban J connectivity index is 1.28. The number of pyridine rings is 1. The van der Waals surface area contributed by atoms with E-state index in [0.717, 1.165) is 69.0 Å². The molecule has 1 amide bonds. The molecule has 6 rings (SSSR count). The van der Waals surface area contributed by atoms with Gasteiger partial charge in [-0.1, -0.05) is 6.07 Å². The molecular formula is C23H27N3O3S. The zero-order valence-electron chi connectivity index (χ0n) is 17.1. The molecule has 4 aliphatic heterocycles. The first-order valence-corrected chi connectivity index (χ1v) is 11.9. The van der Waals surface area contributed by atoms with Gasteiger partial charge in [0.15, 0.2) is 0 Å². The van der Waals surface area contributed by atoms with E-state index >= 15 is 0 Å². The summed E-state index contributed by atoms with van der Waals surface area (Å²) in [5, 5.41) is 3.43. The molecule has 0 saturated carbocycles. The van der Waals surface area contributed by atoms with Crippen molar-refractivity contribution in [2.75, 3.05) is 32.8 Å². The molecule has 2 fully saturated rings. The largest absolute Gasteiger partial charge is 0.370 e. The van der Waals surface area contributed by atoms with Crippen molar-refractivity contribution in [3.05, 3.63) is 55.6 Å². The van der Waals surface area contributed by atoms with Crippen molar-refractivity contribution in [2.45, 2.75) is 43.7 Å². The number of nitrogens with one attached hydrogen (secondary N) is 1. The Bertz CT molecular complexity index is 1050. The summed E-state index contributed by atoms with van der Waals surface area (Å²) in [4.78, 5) is 30.0. The number of carbonyl (C=O) groups excluding carboxylic acids is 1. The predicted molar refractivity (Wildman–Crippen MR) is 115 cm³/mol. The van der Waals surface area contributed by atoms with E-state index in [9.17, 15) is 9.59 Å². The fourth-order valence-electron chi connectivity index (χ4n) is 5.98. The highest BCUT2D eigenvalue weighted by atomic mass is 32.1. The van der Waals surface area contributed by atoms with Crippen molar-refractivity contribution >= 4 is 17.2 Å². The first-order valence-electron chi connectivity index (χ1n) is 11.1. The average molecular weight is 426 g/mol. The van der Waals surface area contributed by atoms with Crippen LogP contribution in [-0.2, 0) is 23.3 Å². The Labute approximate surface area is 179 Å². The van der Waals surface area contributed by atoms with Crippen molar-refractivity contribution in [2.24, 2.45) is 5.92 Å². The SMILES string of the molecule is O=C(c1cc2c(s1)CCOC21CCNCC1)N1C[C@@H]2C[C@H](C1)c1cccc(=O)n1C2. The smallest absolute Gasteiger partial charge is 0.263 e. The summed E-state index contributed by atoms with van der Waals surface area (Å²) in [5.41, 5.74) is 2.23. The predicted octanol–water partition coefficient (Wildman–Crippen LogP) is 2.32. The van der Waals surface area contributed by atoms with Gasteiger partial charge in [-0.2, -0.15) is 0 Å². The molecule has 30 heavy (non-hydrogen) atoms. The number of piperidine rings is 2. The number of amides is 1. The Kier molecular flexibility index (Phi) is 4.41. The molecule has 6 nitrogen and oxygen atoms in total. The summed E-state index contributed by atoms with van der Waals surface area (Å²) in [5.74, 6) is 0.762. The quantitative estimate of drug-likeness (QED) is 0.762. The van der Waals surface area contributed by atoms with E-state index in [0.29, 0.717) is 12.5 Å². The molecular weight excluding hydrogens is 398 g/mol. The van der Waals surface area contributed by atoms with Crippen LogP contribution in [0.25, 0.3) is 0 Å². The lowest BCUT2D eigenvalue weighted by atomic mass is 9.82. The molecule has 7 heteroatoms. The van der Waals surface area contributed by atoms with Crippen LogP contribution in [0.2, 0.25) is 0 Å². The second kappa shape index (κ2) is 7.04. The van der Waals surface area contributed by atoms with E-state index in [1.54, 1.807) is 17.4 Å². The molecule has 0 aromatic carbocycles. The van der Waals surface area contributed by atoms with Crippen molar-refractivity contribution in [1.82, 2.24) is 14.8 Å². The minimum atomic E-state index is -0.202. The van der Waals surface area contributed by atoms with Gasteiger partial charge in [0.2, 0.25) is 0 Å². The Morgan fingerprint density at radius 1 is 1.20 bits per heavy atom. The molecule has 0 unspecified atom stereocenters. The van der Waals surface area contributed by atoms with E-state index < -0.39 is 0 Å². The third kappa shape index (κ3) is 2.90. The zero-order chi connectivity index (χ0) is 20.3. The molecule has 2 aromatic rings. The van der Waals surface area contributed by atoms with Gasteiger partial charge in [-0.05, 0) is 56.0 Å². The molecule has 2 saturated heterocycles. The number of nitrogens with zero attached hydrogens (tertiary/aromatic N) is 2. The van der Waals surface area contributed by atoms with Crippen molar-refractivity contribution < 1.29 is 9.53 Å². The number of carbonyl (C=O) groups is 1. The topological polar surface area (TPSA) is 63.6 Å². The summed E-state index contributed by atoms with van der Waals surface area (Å²) in [6, 6.07) is 7.68. The number of hydrogen-bond donors (Lipinski definition) is 1. The van der Waals surface area contributed by atoms with Gasteiger partial charge < -0.3 is 19.5 Å². The van der Waals surface area contributed by atoms with Crippen LogP contribution in [0.15, 0.2) is 29.1 Å². The first kappa shape index (κ1) is 18.8. The van der Waals surface area contributed by atoms with Crippen LogP contribution in [0.5, 0.6) is 0 Å². The summed E-state index contributed by atoms with van der Waals surface area (Å²) in [6.07, 6.45) is 3.93. The van der Waals surface area contributed by atoms with Crippen LogP contribution in [-0.4, -0.2) is 48.2 Å². The summed E-state index contributed by atoms with van der Waals surface area (Å²) < 4.78 is 8.21. The van der Waals surface area contributed by atoms with Crippen LogP contribution < -0.4 is 10.9 Å². The van der Waals surface area contributed by atoms with Gasteiger partial charge in [-0.15, -0.1) is 11.3 Å². The van der Waals surface area contributed by atoms with Crippen LogP contribution in [0.4, 0.5) is 0 Å². The number of likely N-dealkylation sites (tertiary alicyclic amines) is 1. The van der Waals surface area contributed by atoms with E-state index in [1.165, 1.54) is 10.4 Å². The van der Waals surface area contributed by atoms with Gasteiger partial charge >= 0.3 is 0 Å². The van der Waals surface area contributed by atoms with Gasteiger partial charge in [-0.25, -0.2) is 0 Å². The number of hydrogen-bond acceptors (Lipinski definition) is 5. The van der Waals surface area contributed by atoms with Gasteiger partial charge in [0, 0.05) is 48.6 Å². The zero-order valence-corrected chi connectivity index (χ0v) is 17.9. The molecule has 0 aliphatic carbocycles. The molecule has 1 N–H and O–H groups in total. The van der Waals surface area contributed by atoms with E-state index in [4.69, 9.17) is 4.74 Å². The number of thiophene rings is 1. The maximum absolute atomic E-state index is 13.5. The van der Waals surface area contributed by atoms with E-state index in [2.05, 4.69) is 17.4 Å². The van der Waals surface area contributed by atoms with Gasteiger partial charge in [0.25, 0.3) is 11.5 Å². The van der Waals surface area contributed by atoms with E-state index in [1.807, 2.05) is 15.5 Å². The molecule has 1 spiro atoms. The van der Waals surface area contributed by atoms with Crippen LogP contribution >= 0.6 is 11.3 Å². The highest BCUT2D eigenvalue weighted by molar-refractivity contribution is 7.14. The second-order valence-corrected chi connectivity index (χ2v) is 10.3. The van der Waals surface area contributed by atoms with Gasteiger partial charge in [0.05, 0.1) is 17.1 Å². The molecule has 4 aliphatic rings. The van der Waals surface area contributed by atoms with Crippen molar-refractivity contribution in [3.8, 4) is 0 Å². The summed E-state index contributed by atoms with van der Waals surface area (Å²) in [6.45, 7) is 4.84. The Morgan fingerprint density at radius 3 is 2.93 bits per heavy atom. The number of fused-ring (bicyclic) bond motifs is 6. The number of aromatic nitrogens is 1. The minimum absolute atomic E-state index is 0.0835. The lowest BCUT2D eigenvalue weighted by molar-refractivity contribution is -0.0792. The molecule has 2 bridgehead atoms. The molecule has 2 aromatic heterocycles. The highest BCUT2D eigenvalue weighted by Crippen LogP contribution is 2.44. The number of rotatable bonds is 1. The third-order valence-corrected chi connectivity index (χ3v) is 8.58. The number of ether oxygens (including phenoxy) is 1. The highest BCUT2D eigenvalue weighted by Gasteiger charge is 2.42. The maximum atomic E-state index is 13.5. The van der Waals surface area contributed by atoms with Crippen molar-refractivity contribution in [1.29, 1.82) is 0 Å². The molecule has 158 valence electrons. The minimum Gasteiger partial charge on any atom is -0.370 e. The third-order valence-electron chi connectivity index (χ3n) is 7.40. The average Bonchev–Trinajstić information content (AvgIpc) is 3.21. The van der Waals surface area contributed by atoms with E-state index in [-0.39, 0.29) is 23.0 Å². The first-order chi connectivity index (χ1) is 14.6. The van der Waals surface area contributed by atoms with Crippen LogP contribution in [0.1, 0.15) is 51.0 Å². The van der Waals surface area contributed by atoms with Gasteiger partial charge in [0.1, 0.15) is 0 Å². The lowest BCUT2D eigenvalue weighted by Crippen LogP contribution is -2.49. The standard InChI is InChI=1S/C23H27N3O3S/c27-21-3-1-2-18-16-10-15(13-26(18)21)12-25(14-16)22(28)20-11-17-19(30-20)4-9-29-23(17)5-7-24-8-6-23/h1-3,11,15-16,24H,4-10,12-14H2/t15-,16+/m0/s1. The van der Waals surface area contributed by atoms with Crippen LogP contribution in [0, 0.1) is 5.92 Å². The maximum Gasteiger partial charge on any atom is 0.263 e. The van der Waals surface area contributed by atoms with Crippen LogP contribution in [0.3, 0.4) is 0 Å². The Morgan fingerprint density at radius 2 is 2.07 bits per heavy atom. The fourth-order valence-corrected chi connectivity index (χ4v) is 7.18. The molecule has 0 radical (unpaired) electrons. The lowest BCUT2D eigenvalue weighted by Gasteiger charge is -2.42. The summed E-state index contributed by atoms with van der Waals surface area (Å²) >= 11 is 1.67. The normalized spacial score (nSPS) is 26.9. The van der Waals surface area contributed by atoms with Gasteiger partial charge in [-0.3, -0.25) is 9.59 Å². The Hall–Kier alpha value is -1.96. The monoisotopic (exact) mass is 425 g/mol. The fraction of sp³-hybridized carbons (Fsp3) is 0.565. The summed E-state index contributed by atoms with van der Waals surface area (Å²) in [7, 11) is 0.